The van der Waals surface area contributed by atoms with E-state index in [1.54, 1.807) is 0 Å². The van der Waals surface area contributed by atoms with Crippen LogP contribution in [0.1, 0.15) is 18.5 Å². The summed E-state index contributed by atoms with van der Waals surface area (Å²) in [7, 11) is 4.06. The minimum absolute atomic E-state index is 0.0293. The van der Waals surface area contributed by atoms with Crippen molar-refractivity contribution in [2.75, 3.05) is 46.9 Å². The van der Waals surface area contributed by atoms with Crippen molar-refractivity contribution in [2.45, 2.75) is 19.1 Å². The molecule has 23 heavy (non-hydrogen) atoms. The van der Waals surface area contributed by atoms with E-state index in [1.165, 1.54) is 0 Å². The molecule has 1 aliphatic rings. The Balaban J connectivity index is 1.80. The Hall–Kier alpha value is -1.14. The number of carbonyl (C=O) groups excluding carboxylic acids is 1. The zero-order valence-corrected chi connectivity index (χ0v) is 14.8. The molecular weight excluding hydrogens is 314 g/mol. The Bertz CT molecular complexity index is 507. The van der Waals surface area contributed by atoms with Gasteiger partial charge < -0.3 is 15.0 Å². The van der Waals surface area contributed by atoms with Crippen LogP contribution in [-0.2, 0) is 9.53 Å². The summed E-state index contributed by atoms with van der Waals surface area (Å²) in [5, 5.41) is 3.75. The van der Waals surface area contributed by atoms with Crippen molar-refractivity contribution in [3.8, 4) is 0 Å². The fraction of sp³-hybridized carbons (Fsp3) is 0.588. The molecular formula is C17H26ClN3O2. The van der Waals surface area contributed by atoms with Crippen LogP contribution in [-0.4, -0.2) is 68.7 Å². The number of ether oxygens (including phenoxy) is 1. The molecule has 1 N–H and O–H groups in total. The summed E-state index contributed by atoms with van der Waals surface area (Å²) in [5.41, 5.74) is 1.05. The Morgan fingerprint density at radius 2 is 2.13 bits per heavy atom. The Morgan fingerprint density at radius 3 is 2.78 bits per heavy atom. The van der Waals surface area contributed by atoms with Crippen LogP contribution in [0.15, 0.2) is 24.3 Å². The summed E-state index contributed by atoms with van der Waals surface area (Å²) in [4.78, 5) is 16.5. The fourth-order valence-electron chi connectivity index (χ4n) is 2.77. The van der Waals surface area contributed by atoms with Gasteiger partial charge in [0.2, 0.25) is 5.91 Å². The summed E-state index contributed by atoms with van der Waals surface area (Å²) < 4.78 is 5.73. The minimum Gasteiger partial charge on any atom is -0.374 e. The normalized spacial score (nSPS) is 20.5. The molecule has 128 valence electrons. The summed E-state index contributed by atoms with van der Waals surface area (Å²) in [6, 6.07) is 7.53. The van der Waals surface area contributed by atoms with E-state index in [0.29, 0.717) is 18.2 Å². The maximum absolute atomic E-state index is 12.3. The van der Waals surface area contributed by atoms with Gasteiger partial charge in [0.15, 0.2) is 0 Å². The van der Waals surface area contributed by atoms with Crippen LogP contribution in [0.4, 0.5) is 0 Å². The van der Waals surface area contributed by atoms with Gasteiger partial charge in [0.1, 0.15) is 0 Å². The van der Waals surface area contributed by atoms with Gasteiger partial charge >= 0.3 is 0 Å². The number of hydrogen-bond acceptors (Lipinski definition) is 4. The van der Waals surface area contributed by atoms with Gasteiger partial charge in [0.05, 0.1) is 25.3 Å². The molecule has 0 saturated carbocycles. The van der Waals surface area contributed by atoms with Crippen molar-refractivity contribution in [1.29, 1.82) is 0 Å². The second-order valence-corrected chi connectivity index (χ2v) is 6.77. The molecule has 0 unspecified atom stereocenters. The SMILES string of the molecule is C[C@H](NC(=O)CN1CCO[C@@H](CN(C)C)C1)c1ccc(Cl)cc1. The van der Waals surface area contributed by atoms with Gasteiger partial charge in [-0.3, -0.25) is 9.69 Å². The van der Waals surface area contributed by atoms with Crippen molar-refractivity contribution in [3.05, 3.63) is 34.9 Å². The monoisotopic (exact) mass is 339 g/mol. The highest BCUT2D eigenvalue weighted by atomic mass is 35.5. The van der Waals surface area contributed by atoms with Crippen molar-refractivity contribution in [1.82, 2.24) is 15.1 Å². The van der Waals surface area contributed by atoms with Crippen molar-refractivity contribution in [2.24, 2.45) is 0 Å². The third kappa shape index (κ3) is 6.11. The molecule has 0 aromatic heterocycles. The first kappa shape index (κ1) is 18.2. The largest absolute Gasteiger partial charge is 0.374 e. The first-order valence-corrected chi connectivity index (χ1v) is 8.35. The molecule has 0 bridgehead atoms. The molecule has 0 radical (unpaired) electrons. The number of benzene rings is 1. The van der Waals surface area contributed by atoms with Crippen LogP contribution in [0, 0.1) is 0 Å². The topological polar surface area (TPSA) is 44.8 Å². The highest BCUT2D eigenvalue weighted by molar-refractivity contribution is 6.30. The Labute approximate surface area is 143 Å². The van der Waals surface area contributed by atoms with Crippen molar-refractivity contribution in [3.63, 3.8) is 0 Å². The number of amides is 1. The Morgan fingerprint density at radius 1 is 1.43 bits per heavy atom. The first-order valence-electron chi connectivity index (χ1n) is 7.97. The van der Waals surface area contributed by atoms with E-state index in [-0.39, 0.29) is 18.1 Å². The second kappa shape index (κ2) is 8.64. The number of morpholine rings is 1. The highest BCUT2D eigenvalue weighted by Gasteiger charge is 2.23. The maximum Gasteiger partial charge on any atom is 0.234 e. The van der Waals surface area contributed by atoms with E-state index in [4.69, 9.17) is 16.3 Å². The summed E-state index contributed by atoms with van der Waals surface area (Å²) >= 11 is 5.89. The van der Waals surface area contributed by atoms with Gasteiger partial charge in [-0.25, -0.2) is 0 Å². The summed E-state index contributed by atoms with van der Waals surface area (Å²) in [5.74, 6) is 0.0398. The quantitative estimate of drug-likeness (QED) is 0.858. The standard InChI is InChI=1S/C17H26ClN3O2/c1-13(14-4-6-15(18)7-5-14)19-17(22)12-21-8-9-23-16(11-21)10-20(2)3/h4-7,13,16H,8-12H2,1-3H3,(H,19,22)/t13-,16-/m0/s1. The van der Waals surface area contributed by atoms with Crippen LogP contribution in [0.5, 0.6) is 0 Å². The number of rotatable bonds is 6. The smallest absolute Gasteiger partial charge is 0.234 e. The molecule has 1 aromatic carbocycles. The molecule has 5 nitrogen and oxygen atoms in total. The molecule has 1 aromatic rings. The zero-order valence-electron chi connectivity index (χ0n) is 14.1. The number of halogens is 1. The number of carbonyl (C=O) groups is 1. The molecule has 1 heterocycles. The zero-order chi connectivity index (χ0) is 16.8. The number of hydrogen-bond donors (Lipinski definition) is 1. The summed E-state index contributed by atoms with van der Waals surface area (Å²) in [6.07, 6.45) is 0.167. The van der Waals surface area contributed by atoms with E-state index < -0.39 is 0 Å². The van der Waals surface area contributed by atoms with E-state index >= 15 is 0 Å². The predicted octanol–water partition coefficient (Wildman–Crippen LogP) is 1.78. The third-order valence-electron chi connectivity index (χ3n) is 3.91. The summed E-state index contributed by atoms with van der Waals surface area (Å²) in [6.45, 7) is 5.53. The molecule has 1 amide bonds. The van der Waals surface area contributed by atoms with Crippen LogP contribution >= 0.6 is 11.6 Å². The second-order valence-electron chi connectivity index (χ2n) is 6.33. The lowest BCUT2D eigenvalue weighted by atomic mass is 10.1. The average molecular weight is 340 g/mol. The molecule has 2 rings (SSSR count). The molecule has 6 heteroatoms. The maximum atomic E-state index is 12.3. The van der Waals surface area contributed by atoms with Crippen LogP contribution < -0.4 is 5.32 Å². The molecule has 1 aliphatic heterocycles. The molecule has 1 saturated heterocycles. The average Bonchev–Trinajstić information content (AvgIpc) is 2.47. The molecule has 0 aliphatic carbocycles. The van der Waals surface area contributed by atoms with Gasteiger partial charge in [-0.1, -0.05) is 23.7 Å². The lowest BCUT2D eigenvalue weighted by molar-refractivity contribution is -0.125. The first-order chi connectivity index (χ1) is 10.9. The van der Waals surface area contributed by atoms with Gasteiger partial charge in [-0.15, -0.1) is 0 Å². The lowest BCUT2D eigenvalue weighted by Crippen LogP contribution is -2.49. The van der Waals surface area contributed by atoms with E-state index in [9.17, 15) is 4.79 Å². The lowest BCUT2D eigenvalue weighted by Gasteiger charge is -2.33. The van der Waals surface area contributed by atoms with Crippen molar-refractivity contribution < 1.29 is 9.53 Å². The number of nitrogens with zero attached hydrogens (tertiary/aromatic N) is 2. The van der Waals surface area contributed by atoms with Gasteiger partial charge in [0, 0.05) is 24.7 Å². The third-order valence-corrected chi connectivity index (χ3v) is 4.16. The van der Waals surface area contributed by atoms with Crippen LogP contribution in [0.2, 0.25) is 5.02 Å². The fourth-order valence-corrected chi connectivity index (χ4v) is 2.89. The van der Waals surface area contributed by atoms with E-state index in [0.717, 1.165) is 25.2 Å². The van der Waals surface area contributed by atoms with Crippen LogP contribution in [0.3, 0.4) is 0 Å². The Kier molecular flexibility index (Phi) is 6.84. The van der Waals surface area contributed by atoms with Crippen LogP contribution in [0.25, 0.3) is 0 Å². The molecule has 1 fully saturated rings. The predicted molar refractivity (Wildman–Crippen MR) is 92.7 cm³/mol. The van der Waals surface area contributed by atoms with E-state index in [1.807, 2.05) is 45.3 Å². The molecule has 0 spiro atoms. The minimum atomic E-state index is -0.0293. The van der Waals surface area contributed by atoms with Gasteiger partial charge in [-0.05, 0) is 38.7 Å². The van der Waals surface area contributed by atoms with Crippen molar-refractivity contribution >= 4 is 17.5 Å². The van der Waals surface area contributed by atoms with Gasteiger partial charge in [-0.2, -0.15) is 0 Å². The van der Waals surface area contributed by atoms with E-state index in [2.05, 4.69) is 15.1 Å². The van der Waals surface area contributed by atoms with Gasteiger partial charge in [0.25, 0.3) is 0 Å². The molecule has 2 atom stereocenters. The number of likely N-dealkylation sites (N-methyl/N-ethyl adjacent to an activating group) is 1. The highest BCUT2D eigenvalue weighted by Crippen LogP contribution is 2.16. The number of nitrogens with one attached hydrogen (secondary N) is 1.